The normalized spacial score (nSPS) is 20.6. The molecule has 0 bridgehead atoms. The first-order chi connectivity index (χ1) is 8.88. The van der Waals surface area contributed by atoms with Crippen molar-refractivity contribution in [3.8, 4) is 5.75 Å². The minimum absolute atomic E-state index is 0.706. The predicted molar refractivity (Wildman–Crippen MR) is 74.6 cm³/mol. The molecular weight excluding hydrogens is 224 g/mol. The summed E-state index contributed by atoms with van der Waals surface area (Å²) in [5, 5.41) is 3.45. The summed E-state index contributed by atoms with van der Waals surface area (Å²) < 4.78 is 5.38. The van der Waals surface area contributed by atoms with Crippen LogP contribution in [0.15, 0.2) is 18.2 Å². The van der Waals surface area contributed by atoms with Crippen LogP contribution < -0.4 is 15.0 Å². The predicted octanol–water partition coefficient (Wildman–Crippen LogP) is 2.20. The van der Waals surface area contributed by atoms with E-state index in [1.807, 2.05) is 0 Å². The number of piperidine rings is 1. The van der Waals surface area contributed by atoms with E-state index < -0.39 is 0 Å². The minimum atomic E-state index is 0.706. The molecule has 1 saturated heterocycles. The van der Waals surface area contributed by atoms with Crippen LogP contribution in [0, 0.1) is 0 Å². The first-order valence-electron chi connectivity index (χ1n) is 7.03. The molecule has 0 saturated carbocycles. The van der Waals surface area contributed by atoms with Gasteiger partial charge >= 0.3 is 0 Å². The van der Waals surface area contributed by atoms with Crippen LogP contribution in [0.2, 0.25) is 0 Å². The summed E-state index contributed by atoms with van der Waals surface area (Å²) in [6, 6.07) is 7.25. The smallest absolute Gasteiger partial charge is 0.120 e. The third-order valence-corrected chi connectivity index (χ3v) is 4.20. The fraction of sp³-hybridized carbons (Fsp3) is 0.600. The lowest BCUT2D eigenvalue weighted by Crippen LogP contribution is -2.45. The molecule has 1 aromatic rings. The molecule has 2 aliphatic rings. The van der Waals surface area contributed by atoms with Gasteiger partial charge in [-0.1, -0.05) is 6.07 Å². The standard InChI is InChI=1S/C15H22N2O/c1-18-14-5-4-12-3-2-10-17(15(12)11-14)13-6-8-16-9-7-13/h4-5,11,13,16H,2-3,6-10H2,1H3. The van der Waals surface area contributed by atoms with Gasteiger partial charge in [0.2, 0.25) is 0 Å². The van der Waals surface area contributed by atoms with Crippen molar-refractivity contribution in [2.24, 2.45) is 0 Å². The van der Waals surface area contributed by atoms with Crippen LogP contribution in [0.4, 0.5) is 5.69 Å². The molecular formula is C15H22N2O. The number of methoxy groups -OCH3 is 1. The molecule has 0 aliphatic carbocycles. The van der Waals surface area contributed by atoms with E-state index in [2.05, 4.69) is 28.4 Å². The molecule has 0 amide bonds. The SMILES string of the molecule is COc1ccc2c(c1)N(C1CCNCC1)CCC2. The zero-order valence-electron chi connectivity index (χ0n) is 11.1. The van der Waals surface area contributed by atoms with Gasteiger partial charge in [-0.2, -0.15) is 0 Å². The molecule has 18 heavy (non-hydrogen) atoms. The van der Waals surface area contributed by atoms with Gasteiger partial charge in [0.1, 0.15) is 5.75 Å². The average Bonchev–Trinajstić information content (AvgIpc) is 2.47. The van der Waals surface area contributed by atoms with Gasteiger partial charge in [0.15, 0.2) is 0 Å². The van der Waals surface area contributed by atoms with E-state index in [4.69, 9.17) is 4.74 Å². The lowest BCUT2D eigenvalue weighted by molar-refractivity contribution is 0.409. The molecule has 2 heterocycles. The van der Waals surface area contributed by atoms with Crippen molar-refractivity contribution in [1.82, 2.24) is 5.32 Å². The molecule has 1 N–H and O–H groups in total. The number of benzene rings is 1. The number of hydrogen-bond donors (Lipinski definition) is 1. The number of anilines is 1. The van der Waals surface area contributed by atoms with Crippen molar-refractivity contribution < 1.29 is 4.74 Å². The van der Waals surface area contributed by atoms with Gasteiger partial charge in [0.25, 0.3) is 0 Å². The van der Waals surface area contributed by atoms with E-state index in [9.17, 15) is 0 Å². The quantitative estimate of drug-likeness (QED) is 0.866. The lowest BCUT2D eigenvalue weighted by Gasteiger charge is -2.40. The minimum Gasteiger partial charge on any atom is -0.497 e. The van der Waals surface area contributed by atoms with Gasteiger partial charge in [0.05, 0.1) is 7.11 Å². The monoisotopic (exact) mass is 246 g/mol. The Hall–Kier alpha value is -1.22. The van der Waals surface area contributed by atoms with E-state index >= 15 is 0 Å². The summed E-state index contributed by atoms with van der Waals surface area (Å²) in [4.78, 5) is 2.61. The number of nitrogens with one attached hydrogen (secondary N) is 1. The Morgan fingerprint density at radius 3 is 2.89 bits per heavy atom. The highest BCUT2D eigenvalue weighted by molar-refractivity contribution is 5.59. The molecule has 0 spiro atoms. The summed E-state index contributed by atoms with van der Waals surface area (Å²) in [5.41, 5.74) is 2.90. The van der Waals surface area contributed by atoms with E-state index in [1.165, 1.54) is 43.5 Å². The fourth-order valence-electron chi connectivity index (χ4n) is 3.21. The number of rotatable bonds is 2. The molecule has 0 atom stereocenters. The highest BCUT2D eigenvalue weighted by Crippen LogP contribution is 2.33. The van der Waals surface area contributed by atoms with Crippen LogP contribution in [-0.2, 0) is 6.42 Å². The second kappa shape index (κ2) is 5.19. The summed E-state index contributed by atoms with van der Waals surface area (Å²) >= 11 is 0. The Balaban J connectivity index is 1.89. The third kappa shape index (κ3) is 2.19. The number of aryl methyl sites for hydroxylation is 1. The zero-order valence-corrected chi connectivity index (χ0v) is 11.1. The Kier molecular flexibility index (Phi) is 3.41. The average molecular weight is 246 g/mol. The molecule has 0 aromatic heterocycles. The van der Waals surface area contributed by atoms with Crippen LogP contribution in [-0.4, -0.2) is 32.8 Å². The Bertz CT molecular complexity index is 413. The van der Waals surface area contributed by atoms with Gasteiger partial charge in [-0.3, -0.25) is 0 Å². The summed E-state index contributed by atoms with van der Waals surface area (Å²) in [6.07, 6.45) is 5.01. The number of ether oxygens (including phenoxy) is 1. The van der Waals surface area contributed by atoms with E-state index in [0.29, 0.717) is 6.04 Å². The molecule has 2 aliphatic heterocycles. The number of nitrogens with zero attached hydrogens (tertiary/aromatic N) is 1. The molecule has 1 fully saturated rings. The summed E-state index contributed by atoms with van der Waals surface area (Å²) in [5.74, 6) is 0.981. The second-order valence-corrected chi connectivity index (χ2v) is 5.27. The zero-order chi connectivity index (χ0) is 12.4. The van der Waals surface area contributed by atoms with Crippen molar-refractivity contribution in [3.63, 3.8) is 0 Å². The maximum Gasteiger partial charge on any atom is 0.120 e. The van der Waals surface area contributed by atoms with Crippen LogP contribution in [0.3, 0.4) is 0 Å². The molecule has 3 heteroatoms. The van der Waals surface area contributed by atoms with Crippen LogP contribution >= 0.6 is 0 Å². The highest BCUT2D eigenvalue weighted by Gasteiger charge is 2.25. The number of hydrogen-bond acceptors (Lipinski definition) is 3. The second-order valence-electron chi connectivity index (χ2n) is 5.27. The highest BCUT2D eigenvalue weighted by atomic mass is 16.5. The Morgan fingerprint density at radius 1 is 1.28 bits per heavy atom. The molecule has 0 unspecified atom stereocenters. The maximum atomic E-state index is 5.38. The fourth-order valence-corrected chi connectivity index (χ4v) is 3.21. The maximum absolute atomic E-state index is 5.38. The van der Waals surface area contributed by atoms with Crippen molar-refractivity contribution in [3.05, 3.63) is 23.8 Å². The summed E-state index contributed by atoms with van der Waals surface area (Å²) in [6.45, 7) is 3.51. The summed E-state index contributed by atoms with van der Waals surface area (Å²) in [7, 11) is 1.75. The lowest BCUT2D eigenvalue weighted by atomic mass is 9.96. The van der Waals surface area contributed by atoms with E-state index in [-0.39, 0.29) is 0 Å². The van der Waals surface area contributed by atoms with Crippen molar-refractivity contribution in [2.45, 2.75) is 31.7 Å². The van der Waals surface area contributed by atoms with Crippen molar-refractivity contribution in [2.75, 3.05) is 31.6 Å². The van der Waals surface area contributed by atoms with Gasteiger partial charge in [-0.05, 0) is 50.4 Å². The molecule has 98 valence electrons. The first-order valence-corrected chi connectivity index (χ1v) is 7.03. The van der Waals surface area contributed by atoms with Gasteiger partial charge in [-0.25, -0.2) is 0 Å². The van der Waals surface area contributed by atoms with Crippen molar-refractivity contribution in [1.29, 1.82) is 0 Å². The molecule has 0 radical (unpaired) electrons. The topological polar surface area (TPSA) is 24.5 Å². The van der Waals surface area contributed by atoms with Gasteiger partial charge in [-0.15, -0.1) is 0 Å². The molecule has 3 nitrogen and oxygen atoms in total. The van der Waals surface area contributed by atoms with Crippen molar-refractivity contribution >= 4 is 5.69 Å². The Morgan fingerprint density at radius 2 is 2.11 bits per heavy atom. The van der Waals surface area contributed by atoms with Crippen LogP contribution in [0.25, 0.3) is 0 Å². The molecule has 3 rings (SSSR count). The largest absolute Gasteiger partial charge is 0.497 e. The third-order valence-electron chi connectivity index (χ3n) is 4.20. The Labute approximate surface area is 109 Å². The van der Waals surface area contributed by atoms with Gasteiger partial charge < -0.3 is 15.0 Å². The van der Waals surface area contributed by atoms with E-state index in [1.54, 1.807) is 7.11 Å². The first kappa shape index (κ1) is 11.8. The number of fused-ring (bicyclic) bond motifs is 1. The molecule has 1 aromatic carbocycles. The van der Waals surface area contributed by atoms with Gasteiger partial charge in [0, 0.05) is 24.3 Å². The van der Waals surface area contributed by atoms with Crippen LogP contribution in [0.1, 0.15) is 24.8 Å². The van der Waals surface area contributed by atoms with Crippen LogP contribution in [0.5, 0.6) is 5.75 Å². The van der Waals surface area contributed by atoms with E-state index in [0.717, 1.165) is 18.8 Å².